The van der Waals surface area contributed by atoms with Crippen LogP contribution in [0.3, 0.4) is 0 Å². The highest BCUT2D eigenvalue weighted by Gasteiger charge is 2.15. The van der Waals surface area contributed by atoms with Gasteiger partial charge in [-0.3, -0.25) is 19.7 Å². The second kappa shape index (κ2) is 8.29. The highest BCUT2D eigenvalue weighted by atomic mass is 32.1. The molecular weight excluding hydrogens is 348 g/mol. The Labute approximate surface area is 148 Å². The first-order valence-electron chi connectivity index (χ1n) is 7.26. The van der Waals surface area contributed by atoms with E-state index >= 15 is 0 Å². The molecule has 0 bridgehead atoms. The summed E-state index contributed by atoms with van der Waals surface area (Å²) in [6.45, 7) is 0. The van der Waals surface area contributed by atoms with Gasteiger partial charge in [0.05, 0.1) is 21.3 Å². The van der Waals surface area contributed by atoms with Gasteiger partial charge in [0.15, 0.2) is 16.3 Å². The molecule has 1 aromatic heterocycles. The number of carbonyl (C=O) groups is 1. The Kier molecular flexibility index (Phi) is 6.12. The third-order valence-electron chi connectivity index (χ3n) is 3.32. The summed E-state index contributed by atoms with van der Waals surface area (Å²) in [6.07, 6.45) is 0.231. The standard InChI is InChI=1S/C15H18N4O5S/c1-22-10-6-8(7-11(23-2)13(10)24-3)16-12(20)5-4-9-14(21)17-15(25)19-18-9/h6-7H,4-5H2,1-3H3,(H,16,20)(H2,17,19,21,25). The monoisotopic (exact) mass is 366 g/mol. The number of benzene rings is 1. The molecule has 0 aliphatic rings. The predicted octanol–water partition coefficient (Wildman–Crippen LogP) is 1.42. The maximum absolute atomic E-state index is 12.1. The summed E-state index contributed by atoms with van der Waals surface area (Å²) in [7, 11) is 4.47. The van der Waals surface area contributed by atoms with Gasteiger partial charge in [0, 0.05) is 30.7 Å². The van der Waals surface area contributed by atoms with E-state index in [0.29, 0.717) is 22.9 Å². The highest BCUT2D eigenvalue weighted by Crippen LogP contribution is 2.39. The van der Waals surface area contributed by atoms with Crippen molar-refractivity contribution >= 4 is 23.8 Å². The Morgan fingerprint density at radius 1 is 1.20 bits per heavy atom. The van der Waals surface area contributed by atoms with E-state index in [4.69, 9.17) is 26.4 Å². The lowest BCUT2D eigenvalue weighted by molar-refractivity contribution is -0.116. The average molecular weight is 366 g/mol. The topological polar surface area (TPSA) is 118 Å². The molecule has 0 unspecified atom stereocenters. The Hall–Kier alpha value is -2.88. The first-order valence-corrected chi connectivity index (χ1v) is 7.67. The SMILES string of the molecule is COc1cc(NC(=O)CCc2n[nH]c(=S)[nH]c2=O)cc(OC)c1OC. The molecule has 1 aromatic carbocycles. The molecule has 134 valence electrons. The molecule has 0 spiro atoms. The minimum atomic E-state index is -0.413. The van der Waals surface area contributed by atoms with Crippen molar-refractivity contribution in [3.05, 3.63) is 33.0 Å². The van der Waals surface area contributed by atoms with Crippen LogP contribution in [0.4, 0.5) is 5.69 Å². The molecule has 10 heteroatoms. The summed E-state index contributed by atoms with van der Waals surface area (Å²) in [5, 5.41) is 9.03. The first kappa shape index (κ1) is 18.5. The van der Waals surface area contributed by atoms with Crippen molar-refractivity contribution in [1.82, 2.24) is 15.2 Å². The van der Waals surface area contributed by atoms with Gasteiger partial charge in [-0.2, -0.15) is 5.10 Å². The minimum Gasteiger partial charge on any atom is -0.493 e. The van der Waals surface area contributed by atoms with Crippen LogP contribution in [0.25, 0.3) is 0 Å². The molecular formula is C15H18N4O5S. The van der Waals surface area contributed by atoms with E-state index < -0.39 is 5.56 Å². The largest absolute Gasteiger partial charge is 0.493 e. The Balaban J connectivity index is 2.09. The Morgan fingerprint density at radius 3 is 2.36 bits per heavy atom. The Bertz CT molecular complexity index is 852. The molecule has 2 aromatic rings. The number of aromatic amines is 2. The first-order chi connectivity index (χ1) is 12.0. The molecule has 0 saturated heterocycles. The van der Waals surface area contributed by atoms with Gasteiger partial charge >= 0.3 is 0 Å². The van der Waals surface area contributed by atoms with Crippen LogP contribution < -0.4 is 25.1 Å². The third kappa shape index (κ3) is 4.57. The fraction of sp³-hybridized carbons (Fsp3) is 0.333. The maximum atomic E-state index is 12.1. The van der Waals surface area contributed by atoms with Gasteiger partial charge in [-0.1, -0.05) is 0 Å². The van der Waals surface area contributed by atoms with Crippen molar-refractivity contribution in [2.45, 2.75) is 12.8 Å². The van der Waals surface area contributed by atoms with Gasteiger partial charge in [0.1, 0.15) is 5.69 Å². The van der Waals surface area contributed by atoms with Crippen molar-refractivity contribution in [1.29, 1.82) is 0 Å². The summed E-state index contributed by atoms with van der Waals surface area (Å²) < 4.78 is 15.8. The molecule has 3 N–H and O–H groups in total. The molecule has 0 radical (unpaired) electrons. The van der Waals surface area contributed by atoms with Crippen LogP contribution in [0.2, 0.25) is 0 Å². The second-order valence-electron chi connectivity index (χ2n) is 4.92. The number of nitrogens with zero attached hydrogens (tertiary/aromatic N) is 1. The van der Waals surface area contributed by atoms with E-state index in [1.54, 1.807) is 12.1 Å². The van der Waals surface area contributed by atoms with Crippen molar-refractivity contribution in [2.75, 3.05) is 26.6 Å². The summed E-state index contributed by atoms with van der Waals surface area (Å²) >= 11 is 4.76. The summed E-state index contributed by atoms with van der Waals surface area (Å²) in [5.41, 5.74) is 0.270. The van der Waals surface area contributed by atoms with Gasteiger partial charge in [0.2, 0.25) is 11.7 Å². The number of H-pyrrole nitrogens is 2. The molecule has 0 aliphatic carbocycles. The number of amides is 1. The van der Waals surface area contributed by atoms with Crippen LogP contribution in [0, 0.1) is 4.77 Å². The zero-order valence-corrected chi connectivity index (χ0v) is 14.8. The number of carbonyl (C=O) groups excluding carboxylic acids is 1. The summed E-state index contributed by atoms with van der Waals surface area (Å²) in [4.78, 5) is 26.2. The molecule has 2 rings (SSSR count). The van der Waals surface area contributed by atoms with Crippen LogP contribution in [0.5, 0.6) is 17.2 Å². The van der Waals surface area contributed by atoms with Crippen LogP contribution in [0.15, 0.2) is 16.9 Å². The molecule has 0 atom stereocenters. The number of methoxy groups -OCH3 is 3. The third-order valence-corrected chi connectivity index (χ3v) is 3.51. The molecule has 1 heterocycles. The maximum Gasteiger partial charge on any atom is 0.273 e. The highest BCUT2D eigenvalue weighted by molar-refractivity contribution is 7.71. The van der Waals surface area contributed by atoms with Crippen LogP contribution >= 0.6 is 12.2 Å². The number of aryl methyl sites for hydroxylation is 1. The molecule has 0 aliphatic heterocycles. The van der Waals surface area contributed by atoms with Crippen molar-refractivity contribution in [2.24, 2.45) is 0 Å². The number of rotatable bonds is 7. The normalized spacial score (nSPS) is 10.2. The van der Waals surface area contributed by atoms with E-state index in [0.717, 1.165) is 0 Å². The predicted molar refractivity (Wildman–Crippen MR) is 93.1 cm³/mol. The van der Waals surface area contributed by atoms with E-state index in [2.05, 4.69) is 20.5 Å². The summed E-state index contributed by atoms with van der Waals surface area (Å²) in [5.74, 6) is 0.980. The van der Waals surface area contributed by atoms with Crippen molar-refractivity contribution < 1.29 is 19.0 Å². The molecule has 1 amide bonds. The molecule has 0 fully saturated rings. The van der Waals surface area contributed by atoms with Crippen LogP contribution in [-0.2, 0) is 11.2 Å². The number of aromatic nitrogens is 3. The van der Waals surface area contributed by atoms with Crippen LogP contribution in [0.1, 0.15) is 12.1 Å². The van der Waals surface area contributed by atoms with Crippen molar-refractivity contribution in [3.8, 4) is 17.2 Å². The number of hydrogen-bond acceptors (Lipinski definition) is 7. The molecule has 9 nitrogen and oxygen atoms in total. The van der Waals surface area contributed by atoms with E-state index in [1.807, 2.05) is 0 Å². The molecule has 0 saturated carbocycles. The lowest BCUT2D eigenvalue weighted by atomic mass is 10.2. The van der Waals surface area contributed by atoms with Gasteiger partial charge in [-0.05, 0) is 12.2 Å². The summed E-state index contributed by atoms with van der Waals surface area (Å²) in [6, 6.07) is 3.23. The lowest BCUT2D eigenvalue weighted by Crippen LogP contribution is -2.19. The lowest BCUT2D eigenvalue weighted by Gasteiger charge is -2.14. The smallest absolute Gasteiger partial charge is 0.273 e. The van der Waals surface area contributed by atoms with Gasteiger partial charge in [-0.15, -0.1) is 0 Å². The van der Waals surface area contributed by atoms with Crippen molar-refractivity contribution in [3.63, 3.8) is 0 Å². The number of anilines is 1. The van der Waals surface area contributed by atoms with E-state index in [-0.39, 0.29) is 29.2 Å². The second-order valence-corrected chi connectivity index (χ2v) is 5.32. The average Bonchev–Trinajstić information content (AvgIpc) is 2.60. The van der Waals surface area contributed by atoms with E-state index in [9.17, 15) is 9.59 Å². The zero-order chi connectivity index (χ0) is 18.4. The number of ether oxygens (including phenoxy) is 3. The van der Waals surface area contributed by atoms with E-state index in [1.165, 1.54) is 21.3 Å². The fourth-order valence-electron chi connectivity index (χ4n) is 2.15. The Morgan fingerprint density at radius 2 is 1.84 bits per heavy atom. The van der Waals surface area contributed by atoms with Gasteiger partial charge < -0.3 is 19.5 Å². The fourth-order valence-corrected chi connectivity index (χ4v) is 2.29. The number of hydrogen-bond donors (Lipinski definition) is 3. The zero-order valence-electron chi connectivity index (χ0n) is 14.0. The van der Waals surface area contributed by atoms with Crippen LogP contribution in [-0.4, -0.2) is 42.4 Å². The van der Waals surface area contributed by atoms with Gasteiger partial charge in [-0.25, -0.2) is 0 Å². The molecule has 25 heavy (non-hydrogen) atoms. The minimum absolute atomic E-state index is 0.0668. The van der Waals surface area contributed by atoms with Gasteiger partial charge in [0.25, 0.3) is 5.56 Å². The quantitative estimate of drug-likeness (QED) is 0.634. The number of nitrogens with one attached hydrogen (secondary N) is 3.